The Kier molecular flexibility index (Phi) is 14.4. The third kappa shape index (κ3) is 10.8. The third-order valence-electron chi connectivity index (χ3n) is 11.6. The summed E-state index contributed by atoms with van der Waals surface area (Å²) in [6.45, 7) is 12.3. The minimum atomic E-state index is -1.21. The molecule has 0 spiro atoms. The van der Waals surface area contributed by atoms with E-state index in [1.54, 1.807) is 22.2 Å². The van der Waals surface area contributed by atoms with Gasteiger partial charge in [0.2, 0.25) is 23.5 Å². The number of carbonyl (C=O) groups is 4. The lowest BCUT2D eigenvalue weighted by Crippen LogP contribution is -2.59. The van der Waals surface area contributed by atoms with Crippen LogP contribution in [0, 0.1) is 24.0 Å². The number of carbonyl (C=O) groups excluding carboxylic acids is 4. The molecule has 2 aromatic heterocycles. The van der Waals surface area contributed by atoms with Crippen molar-refractivity contribution in [2.75, 3.05) is 77.1 Å². The molecule has 0 saturated carbocycles. The molecule has 15 nitrogen and oxygen atoms in total. The number of hydrogen-bond donors (Lipinski definition) is 3. The van der Waals surface area contributed by atoms with Gasteiger partial charge in [0.05, 0.1) is 53.7 Å². The summed E-state index contributed by atoms with van der Waals surface area (Å²) in [7, 11) is 0. The molecule has 7 rings (SSSR count). The maximum absolute atomic E-state index is 15.1. The molecule has 0 radical (unpaired) electrons. The van der Waals surface area contributed by atoms with Crippen LogP contribution in [0.25, 0.3) is 21.7 Å². The molecule has 4 amide bonds. The SMILES string of the molecule is Cc1ncsc1-c1ccc([C@H](C)NC(=O)[C@@H]2C[C@@H](O)CN2C(=O)[C@@H](NC(=O)CN2CCN(C(=O)COc3c(-c4csc(N5CCOCC5)n4)ccc(F)c3F)CC2)C(C)(C)C)cc1. The third-order valence-corrected chi connectivity index (χ3v) is 13.5. The molecule has 3 N–H and O–H groups in total. The number of piperazine rings is 1. The fourth-order valence-corrected chi connectivity index (χ4v) is 9.66. The van der Waals surface area contributed by atoms with Crippen molar-refractivity contribution in [2.24, 2.45) is 5.41 Å². The van der Waals surface area contributed by atoms with Crippen LogP contribution in [0.5, 0.6) is 5.75 Å². The molecular formula is C44H54F2N8O7S2. The van der Waals surface area contributed by atoms with Gasteiger partial charge in [-0.15, -0.1) is 22.7 Å². The maximum atomic E-state index is 15.1. The van der Waals surface area contributed by atoms with E-state index < -0.39 is 71.2 Å². The van der Waals surface area contributed by atoms with Crippen molar-refractivity contribution in [3.8, 4) is 27.4 Å². The van der Waals surface area contributed by atoms with E-state index in [-0.39, 0.29) is 44.2 Å². The highest BCUT2D eigenvalue weighted by atomic mass is 32.1. The molecule has 5 heterocycles. The van der Waals surface area contributed by atoms with Gasteiger partial charge in [0, 0.05) is 63.2 Å². The predicted molar refractivity (Wildman–Crippen MR) is 235 cm³/mol. The number of anilines is 1. The van der Waals surface area contributed by atoms with Crippen molar-refractivity contribution in [1.82, 2.24) is 35.3 Å². The number of thiazole rings is 2. The first-order valence-corrected chi connectivity index (χ1v) is 22.8. The predicted octanol–water partition coefficient (Wildman–Crippen LogP) is 4.25. The maximum Gasteiger partial charge on any atom is 0.260 e. The number of halogens is 2. The Bertz CT molecular complexity index is 2270. The molecule has 4 atom stereocenters. The standard InChI is InChI=1S/C44H54F2N8O7S2/c1-26(28-6-8-29(9-7-28)39-27(2)47-25-63-39)48-41(58)34-20-30(55)21-54(34)42(59)40(44(3,4)5)50-35(56)22-51-12-14-52(15-13-51)36(57)23-61-38-31(10-11-32(45)37(38)46)33-24-62-43(49-33)53-16-18-60-19-17-53/h6-11,24-26,30,34,40,55H,12-23H2,1-5H3,(H,48,58)(H,50,56)/t26-,30+,34-,40+/m0/s1. The molecule has 3 saturated heterocycles. The van der Waals surface area contributed by atoms with Crippen LogP contribution in [0.4, 0.5) is 13.9 Å². The van der Waals surface area contributed by atoms with Crippen molar-refractivity contribution in [3.63, 3.8) is 0 Å². The van der Waals surface area contributed by atoms with Gasteiger partial charge in [-0.25, -0.2) is 14.4 Å². The Morgan fingerprint density at radius 2 is 1.70 bits per heavy atom. The van der Waals surface area contributed by atoms with E-state index in [9.17, 15) is 28.7 Å². The number of rotatable bonds is 13. The highest BCUT2D eigenvalue weighted by molar-refractivity contribution is 7.14. The number of aromatic nitrogens is 2. The number of aliphatic hydroxyl groups is 1. The molecule has 63 heavy (non-hydrogen) atoms. The van der Waals surface area contributed by atoms with Gasteiger partial charge in [-0.3, -0.25) is 24.1 Å². The van der Waals surface area contributed by atoms with Gasteiger partial charge in [-0.1, -0.05) is 45.0 Å². The Morgan fingerprint density at radius 1 is 0.984 bits per heavy atom. The topological polar surface area (TPSA) is 170 Å². The summed E-state index contributed by atoms with van der Waals surface area (Å²) in [5.74, 6) is -4.42. The van der Waals surface area contributed by atoms with Crippen molar-refractivity contribution < 1.29 is 42.5 Å². The van der Waals surface area contributed by atoms with Crippen LogP contribution in [0.3, 0.4) is 0 Å². The monoisotopic (exact) mass is 908 g/mol. The highest BCUT2D eigenvalue weighted by Gasteiger charge is 2.45. The molecular weight excluding hydrogens is 855 g/mol. The Morgan fingerprint density at radius 3 is 2.37 bits per heavy atom. The van der Waals surface area contributed by atoms with E-state index in [4.69, 9.17) is 9.47 Å². The average molecular weight is 909 g/mol. The van der Waals surface area contributed by atoms with E-state index >= 15 is 4.39 Å². The average Bonchev–Trinajstić information content (AvgIpc) is 4.03. The zero-order valence-electron chi connectivity index (χ0n) is 36.1. The largest absolute Gasteiger partial charge is 0.480 e. The second kappa shape index (κ2) is 19.8. The van der Waals surface area contributed by atoms with Gasteiger partial charge < -0.3 is 39.9 Å². The first-order valence-electron chi connectivity index (χ1n) is 21.1. The van der Waals surface area contributed by atoms with E-state index in [0.717, 1.165) is 32.9 Å². The molecule has 0 aliphatic carbocycles. The number of nitrogens with one attached hydrogen (secondary N) is 2. The number of amides is 4. The van der Waals surface area contributed by atoms with Crippen LogP contribution >= 0.6 is 22.7 Å². The summed E-state index contributed by atoms with van der Waals surface area (Å²) in [4.78, 5) is 71.5. The van der Waals surface area contributed by atoms with Crippen LogP contribution in [0.15, 0.2) is 47.3 Å². The van der Waals surface area contributed by atoms with Crippen LogP contribution in [-0.2, 0) is 23.9 Å². The summed E-state index contributed by atoms with van der Waals surface area (Å²) >= 11 is 2.93. The van der Waals surface area contributed by atoms with E-state index in [2.05, 4.69) is 25.5 Å². The zero-order chi connectivity index (χ0) is 45.0. The molecule has 3 aliphatic heterocycles. The molecule has 4 aromatic rings. The van der Waals surface area contributed by atoms with Crippen LogP contribution < -0.4 is 20.3 Å². The van der Waals surface area contributed by atoms with Gasteiger partial charge >= 0.3 is 0 Å². The number of ether oxygens (including phenoxy) is 2. The normalized spacial score (nSPS) is 19.5. The quantitative estimate of drug-likeness (QED) is 0.176. The van der Waals surface area contributed by atoms with Crippen LogP contribution in [-0.4, -0.2) is 144 Å². The lowest BCUT2D eigenvalue weighted by Gasteiger charge is -2.37. The van der Waals surface area contributed by atoms with Gasteiger partial charge in [-0.2, -0.15) is 4.39 Å². The summed E-state index contributed by atoms with van der Waals surface area (Å²) in [5, 5.41) is 19.0. The minimum absolute atomic E-state index is 0.0513. The van der Waals surface area contributed by atoms with Crippen molar-refractivity contribution in [2.45, 2.75) is 65.3 Å². The second-order valence-electron chi connectivity index (χ2n) is 17.2. The van der Waals surface area contributed by atoms with E-state index in [1.165, 1.54) is 27.2 Å². The molecule has 338 valence electrons. The Hall–Kier alpha value is -5.08. The zero-order valence-corrected chi connectivity index (χ0v) is 37.7. The number of morpholine rings is 1. The lowest BCUT2D eigenvalue weighted by atomic mass is 9.85. The summed E-state index contributed by atoms with van der Waals surface area (Å²) in [6, 6.07) is 7.94. The summed E-state index contributed by atoms with van der Waals surface area (Å²) < 4.78 is 40.6. The number of nitrogens with zero attached hydrogens (tertiary/aromatic N) is 6. The van der Waals surface area contributed by atoms with E-state index in [1.807, 2.05) is 63.8 Å². The Balaban J connectivity index is 0.909. The number of aliphatic hydroxyl groups excluding tert-OH is 1. The molecule has 3 fully saturated rings. The highest BCUT2D eigenvalue weighted by Crippen LogP contribution is 2.37. The van der Waals surface area contributed by atoms with Crippen molar-refractivity contribution in [1.29, 1.82) is 0 Å². The Labute approximate surface area is 373 Å². The van der Waals surface area contributed by atoms with Crippen molar-refractivity contribution >= 4 is 51.4 Å². The van der Waals surface area contributed by atoms with Crippen LogP contribution in [0.2, 0.25) is 0 Å². The minimum Gasteiger partial charge on any atom is -0.480 e. The summed E-state index contributed by atoms with van der Waals surface area (Å²) in [5.41, 5.74) is 4.55. The number of β-amino-alcohol motifs (C(OH)–C–C–N with tert-alkyl or cyclic N) is 1. The number of hydrogen-bond acceptors (Lipinski definition) is 13. The van der Waals surface area contributed by atoms with Gasteiger partial charge in [-0.05, 0) is 42.5 Å². The molecule has 3 aliphatic rings. The van der Waals surface area contributed by atoms with Gasteiger partial charge in [0.1, 0.15) is 12.1 Å². The van der Waals surface area contributed by atoms with Crippen LogP contribution in [0.1, 0.15) is 51.4 Å². The smallest absolute Gasteiger partial charge is 0.260 e. The van der Waals surface area contributed by atoms with Gasteiger partial charge in [0.15, 0.2) is 23.3 Å². The fourth-order valence-electron chi connectivity index (χ4n) is 7.97. The van der Waals surface area contributed by atoms with Crippen molar-refractivity contribution in [3.05, 3.63) is 70.2 Å². The van der Waals surface area contributed by atoms with E-state index in [0.29, 0.717) is 45.1 Å². The second-order valence-corrected chi connectivity index (χ2v) is 18.9. The lowest BCUT2D eigenvalue weighted by molar-refractivity contribution is -0.144. The number of likely N-dealkylation sites (tertiary alicyclic amines) is 1. The molecule has 0 bridgehead atoms. The summed E-state index contributed by atoms with van der Waals surface area (Å²) in [6.07, 6.45) is -0.850. The van der Waals surface area contributed by atoms with Gasteiger partial charge in [0.25, 0.3) is 5.91 Å². The molecule has 2 aromatic carbocycles. The first kappa shape index (κ1) is 45.9. The number of aryl methyl sites for hydroxylation is 1. The fraction of sp³-hybridized carbons (Fsp3) is 0.500. The molecule has 19 heteroatoms. The number of benzene rings is 2. The molecule has 0 unspecified atom stereocenters. The first-order chi connectivity index (χ1) is 30.1.